The summed E-state index contributed by atoms with van der Waals surface area (Å²) in [7, 11) is -1.41. The standard InChI is InChI=1S/C46H58FN5O6Si/c1-9-32-23-30(2)36(47)25-35(32)33-18-19-34-38(24-33)52(41-17-13-14-20-56-41)49-42(34)43-48-37-26-39(44(53)57-28-31-15-11-10-12-16-31)50(45(54)58-46(3,4)5)27-40(37)51(43)29-55-21-22-59(6,7)8/h10-12,15-16,18-19,23-25,39,41H,9,13-14,17,20-22,26-29H2,1-8H3/t39-,41?/m0/s1. The van der Waals surface area contributed by atoms with E-state index in [0.717, 1.165) is 70.6 Å². The summed E-state index contributed by atoms with van der Waals surface area (Å²) < 4.78 is 43.5. The number of imidazole rings is 1. The molecule has 2 aromatic heterocycles. The van der Waals surface area contributed by atoms with Crippen LogP contribution in [-0.2, 0) is 56.5 Å². The van der Waals surface area contributed by atoms with Gasteiger partial charge >= 0.3 is 12.1 Å². The molecule has 0 aliphatic carbocycles. The van der Waals surface area contributed by atoms with Crippen LogP contribution in [0, 0.1) is 12.7 Å². The quantitative estimate of drug-likeness (QED) is 0.0695. The zero-order valence-electron chi connectivity index (χ0n) is 35.8. The van der Waals surface area contributed by atoms with Gasteiger partial charge in [-0.1, -0.05) is 69.0 Å². The lowest BCUT2D eigenvalue weighted by molar-refractivity contribution is -0.152. The van der Waals surface area contributed by atoms with Gasteiger partial charge in [-0.3, -0.25) is 4.90 Å². The first-order valence-electron chi connectivity index (χ1n) is 20.9. The fourth-order valence-electron chi connectivity index (χ4n) is 7.75. The maximum absolute atomic E-state index is 15.1. The Kier molecular flexibility index (Phi) is 12.5. The van der Waals surface area contributed by atoms with E-state index in [4.69, 9.17) is 29.0 Å². The molecule has 2 aliphatic heterocycles. The Balaban J connectivity index is 1.35. The summed E-state index contributed by atoms with van der Waals surface area (Å²) in [6.45, 7) is 17.7. The van der Waals surface area contributed by atoms with Crippen LogP contribution in [-0.4, -0.2) is 69.2 Å². The first-order valence-corrected chi connectivity index (χ1v) is 24.6. The van der Waals surface area contributed by atoms with Crippen LogP contribution in [0.2, 0.25) is 25.7 Å². The average Bonchev–Trinajstić information content (AvgIpc) is 3.76. The molecule has 0 radical (unpaired) electrons. The lowest BCUT2D eigenvalue weighted by Gasteiger charge is -2.35. The monoisotopic (exact) mass is 823 g/mol. The lowest BCUT2D eigenvalue weighted by Crippen LogP contribution is -2.51. The Morgan fingerprint density at radius 1 is 1.03 bits per heavy atom. The Morgan fingerprint density at radius 2 is 1.81 bits per heavy atom. The molecule has 3 aromatic carbocycles. The van der Waals surface area contributed by atoms with E-state index in [1.54, 1.807) is 33.8 Å². The second-order valence-corrected chi connectivity index (χ2v) is 23.6. The van der Waals surface area contributed by atoms with Gasteiger partial charge in [-0.05, 0) is 105 Å². The van der Waals surface area contributed by atoms with E-state index in [1.807, 2.05) is 57.8 Å². The van der Waals surface area contributed by atoms with E-state index in [1.165, 1.54) is 4.90 Å². The van der Waals surface area contributed by atoms with Crippen LogP contribution in [0.25, 0.3) is 33.5 Å². The van der Waals surface area contributed by atoms with Gasteiger partial charge in [0, 0.05) is 33.1 Å². The van der Waals surface area contributed by atoms with Crippen LogP contribution in [0.15, 0.2) is 60.7 Å². The number of nitrogens with zero attached hydrogens (tertiary/aromatic N) is 5. The maximum atomic E-state index is 15.1. The molecule has 1 amide bonds. The molecule has 5 aromatic rings. The summed E-state index contributed by atoms with van der Waals surface area (Å²) in [6.07, 6.45) is 2.73. The van der Waals surface area contributed by atoms with Crippen molar-refractivity contribution in [3.63, 3.8) is 0 Å². The molecular weight excluding hydrogens is 766 g/mol. The van der Waals surface area contributed by atoms with Crippen molar-refractivity contribution in [3.8, 4) is 22.6 Å². The van der Waals surface area contributed by atoms with Crippen molar-refractivity contribution in [1.82, 2.24) is 24.2 Å². The molecule has 4 heterocycles. The van der Waals surface area contributed by atoms with Crippen LogP contribution in [0.1, 0.15) is 81.3 Å². The first kappa shape index (κ1) is 42.3. The number of halogens is 1. The van der Waals surface area contributed by atoms with Crippen LogP contribution < -0.4 is 0 Å². The third-order valence-electron chi connectivity index (χ3n) is 11.0. The number of fused-ring (bicyclic) bond motifs is 2. The van der Waals surface area contributed by atoms with Gasteiger partial charge in [0.15, 0.2) is 12.1 Å². The smallest absolute Gasteiger partial charge is 0.411 e. The minimum absolute atomic E-state index is 0.0486. The Hall–Kier alpha value is -4.85. The summed E-state index contributed by atoms with van der Waals surface area (Å²) in [5, 5.41) is 6.12. The number of benzene rings is 3. The zero-order chi connectivity index (χ0) is 42.1. The molecular formula is C46H58FN5O6Si. The first-order chi connectivity index (χ1) is 28.1. The molecule has 0 bridgehead atoms. The fourth-order valence-corrected chi connectivity index (χ4v) is 8.51. The summed E-state index contributed by atoms with van der Waals surface area (Å²) in [5.41, 5.74) is 6.33. The highest BCUT2D eigenvalue weighted by molar-refractivity contribution is 6.76. The minimum atomic E-state index is -1.41. The molecule has 1 unspecified atom stereocenters. The number of hydrogen-bond donors (Lipinski definition) is 0. The molecule has 2 aliphatic rings. The number of hydrogen-bond acceptors (Lipinski definition) is 8. The van der Waals surface area contributed by atoms with Gasteiger partial charge in [-0.15, -0.1) is 0 Å². The summed E-state index contributed by atoms with van der Waals surface area (Å²) in [5.74, 6) is -0.219. The van der Waals surface area contributed by atoms with E-state index in [0.29, 0.717) is 36.0 Å². The Bertz CT molecular complexity index is 2300. The molecule has 11 nitrogen and oxygen atoms in total. The molecule has 314 valence electrons. The number of aryl methyl sites for hydroxylation is 2. The van der Waals surface area contributed by atoms with Crippen LogP contribution >= 0.6 is 0 Å². The Morgan fingerprint density at radius 3 is 2.51 bits per heavy atom. The third-order valence-corrected chi connectivity index (χ3v) is 12.7. The van der Waals surface area contributed by atoms with E-state index in [-0.39, 0.29) is 38.3 Å². The highest BCUT2D eigenvalue weighted by Gasteiger charge is 2.41. The minimum Gasteiger partial charge on any atom is -0.459 e. The Labute approximate surface area is 347 Å². The van der Waals surface area contributed by atoms with Crippen molar-refractivity contribution in [2.45, 2.75) is 130 Å². The molecule has 13 heteroatoms. The van der Waals surface area contributed by atoms with Crippen molar-refractivity contribution in [3.05, 3.63) is 94.6 Å². The average molecular weight is 824 g/mol. The summed E-state index contributed by atoms with van der Waals surface area (Å²) in [6, 6.07) is 19.1. The van der Waals surface area contributed by atoms with Gasteiger partial charge in [-0.2, -0.15) is 5.10 Å². The fraction of sp³-hybridized carbons (Fsp3) is 0.478. The van der Waals surface area contributed by atoms with E-state index in [2.05, 4.69) is 32.6 Å². The van der Waals surface area contributed by atoms with Crippen LogP contribution in [0.3, 0.4) is 0 Å². The van der Waals surface area contributed by atoms with Crippen molar-refractivity contribution < 1.29 is 32.9 Å². The van der Waals surface area contributed by atoms with Gasteiger partial charge < -0.3 is 23.5 Å². The molecule has 2 atom stereocenters. The SMILES string of the molecule is CCc1cc(C)c(F)cc1-c1ccc2c(-c3nc4c(n3COCC[Si](C)(C)C)CN(C(=O)OC(C)(C)C)[C@H](C(=O)OCc3ccccc3)C4)nn(C3CCCCO3)c2c1. The molecule has 0 saturated carbocycles. The van der Waals surface area contributed by atoms with Gasteiger partial charge in [0.25, 0.3) is 0 Å². The second-order valence-electron chi connectivity index (χ2n) is 18.0. The zero-order valence-corrected chi connectivity index (χ0v) is 36.8. The lowest BCUT2D eigenvalue weighted by atomic mass is 9.95. The number of rotatable bonds is 12. The van der Waals surface area contributed by atoms with Gasteiger partial charge in [0.05, 0.1) is 23.4 Å². The topological polar surface area (TPSA) is 110 Å². The van der Waals surface area contributed by atoms with Gasteiger partial charge in [-0.25, -0.2) is 23.6 Å². The molecule has 0 N–H and O–H groups in total. The molecule has 1 fully saturated rings. The predicted molar refractivity (Wildman–Crippen MR) is 229 cm³/mol. The number of carbonyl (C=O) groups excluding carboxylic acids is 2. The number of carbonyl (C=O) groups is 2. The normalized spacial score (nSPS) is 17.3. The third kappa shape index (κ3) is 9.63. The molecule has 59 heavy (non-hydrogen) atoms. The van der Waals surface area contributed by atoms with Crippen LogP contribution in [0.4, 0.5) is 9.18 Å². The van der Waals surface area contributed by atoms with E-state index < -0.39 is 31.8 Å². The van der Waals surface area contributed by atoms with Crippen molar-refractivity contribution >= 4 is 31.0 Å². The van der Waals surface area contributed by atoms with Crippen molar-refractivity contribution in [2.75, 3.05) is 13.2 Å². The number of ether oxygens (including phenoxy) is 4. The molecule has 0 spiro atoms. The maximum Gasteiger partial charge on any atom is 0.411 e. The molecule has 7 rings (SSSR count). The number of amides is 1. The van der Waals surface area contributed by atoms with Gasteiger partial charge in [0.2, 0.25) is 0 Å². The van der Waals surface area contributed by atoms with E-state index in [9.17, 15) is 9.59 Å². The second kappa shape index (κ2) is 17.4. The van der Waals surface area contributed by atoms with Crippen molar-refractivity contribution in [1.29, 1.82) is 0 Å². The van der Waals surface area contributed by atoms with E-state index >= 15 is 4.39 Å². The number of aromatic nitrogens is 4. The predicted octanol–water partition coefficient (Wildman–Crippen LogP) is 9.99. The summed E-state index contributed by atoms with van der Waals surface area (Å²) in [4.78, 5) is 34.6. The highest BCUT2D eigenvalue weighted by Crippen LogP contribution is 2.38. The van der Waals surface area contributed by atoms with Gasteiger partial charge in [0.1, 0.15) is 36.5 Å². The highest BCUT2D eigenvalue weighted by atomic mass is 28.3. The largest absolute Gasteiger partial charge is 0.459 e. The van der Waals surface area contributed by atoms with Crippen molar-refractivity contribution in [2.24, 2.45) is 0 Å². The number of esters is 1. The van der Waals surface area contributed by atoms with Crippen LogP contribution in [0.5, 0.6) is 0 Å². The summed E-state index contributed by atoms with van der Waals surface area (Å²) >= 11 is 0. The molecule has 1 saturated heterocycles.